The molecule has 6 heteroatoms. The van der Waals surface area contributed by atoms with Gasteiger partial charge in [-0.2, -0.15) is 0 Å². The van der Waals surface area contributed by atoms with Crippen molar-refractivity contribution in [2.45, 2.75) is 13.0 Å². The van der Waals surface area contributed by atoms with Gasteiger partial charge in [-0.05, 0) is 24.1 Å². The van der Waals surface area contributed by atoms with Crippen LogP contribution in [0.5, 0.6) is 0 Å². The lowest BCUT2D eigenvalue weighted by atomic mass is 10.1. The van der Waals surface area contributed by atoms with Crippen molar-refractivity contribution in [3.8, 4) is 0 Å². The first-order valence-corrected chi connectivity index (χ1v) is 7.90. The molecule has 0 aliphatic rings. The number of hydrogen-bond acceptors (Lipinski definition) is 3. The highest BCUT2D eigenvalue weighted by atomic mass is 16.2. The van der Waals surface area contributed by atoms with Crippen LogP contribution in [0, 0.1) is 0 Å². The van der Waals surface area contributed by atoms with E-state index in [-0.39, 0.29) is 17.4 Å². The first-order chi connectivity index (χ1) is 12.1. The van der Waals surface area contributed by atoms with Crippen molar-refractivity contribution in [3.63, 3.8) is 0 Å². The third-order valence-corrected chi connectivity index (χ3v) is 3.82. The van der Waals surface area contributed by atoms with Crippen molar-refractivity contribution >= 4 is 17.6 Å². The van der Waals surface area contributed by atoms with Crippen LogP contribution in [0.25, 0.3) is 0 Å². The van der Waals surface area contributed by atoms with Crippen molar-refractivity contribution in [2.75, 3.05) is 5.32 Å². The second-order valence-electron chi connectivity index (χ2n) is 5.56. The summed E-state index contributed by atoms with van der Waals surface area (Å²) in [5.41, 5.74) is 7.31. The lowest BCUT2D eigenvalue weighted by Gasteiger charge is -2.08. The molecule has 3 N–H and O–H groups in total. The third-order valence-electron chi connectivity index (χ3n) is 3.82. The summed E-state index contributed by atoms with van der Waals surface area (Å²) in [4.78, 5) is 28.3. The molecule has 0 spiro atoms. The van der Waals surface area contributed by atoms with Crippen molar-refractivity contribution in [2.24, 2.45) is 5.73 Å². The van der Waals surface area contributed by atoms with Gasteiger partial charge in [-0.1, -0.05) is 48.5 Å². The molecular formula is C19H18N4O2. The molecule has 0 aliphatic heterocycles. The van der Waals surface area contributed by atoms with Crippen LogP contribution in [0.15, 0.2) is 67.0 Å². The van der Waals surface area contributed by atoms with Crippen LogP contribution in [-0.4, -0.2) is 21.4 Å². The Kier molecular flexibility index (Phi) is 4.89. The van der Waals surface area contributed by atoms with Crippen LogP contribution in [0.2, 0.25) is 0 Å². The van der Waals surface area contributed by atoms with Crippen LogP contribution in [0.1, 0.15) is 26.4 Å². The number of nitrogens with zero attached hydrogens (tertiary/aromatic N) is 2. The van der Waals surface area contributed by atoms with Crippen LogP contribution < -0.4 is 11.1 Å². The molecule has 3 rings (SSSR count). The van der Waals surface area contributed by atoms with Gasteiger partial charge in [-0.15, -0.1) is 0 Å². The second-order valence-corrected chi connectivity index (χ2v) is 5.56. The SMILES string of the molecule is NC(=O)c1c(NC(=O)c2ccccc2)ncn1CCc1ccccc1. The summed E-state index contributed by atoms with van der Waals surface area (Å²) < 4.78 is 1.66. The maximum atomic E-state index is 12.3. The van der Waals surface area contributed by atoms with E-state index in [2.05, 4.69) is 10.3 Å². The predicted octanol–water partition coefficient (Wildman–Crippen LogP) is 2.48. The summed E-state index contributed by atoms with van der Waals surface area (Å²) in [6.07, 6.45) is 2.24. The highest BCUT2D eigenvalue weighted by Crippen LogP contribution is 2.15. The fourth-order valence-electron chi connectivity index (χ4n) is 2.57. The summed E-state index contributed by atoms with van der Waals surface area (Å²) in [5, 5.41) is 2.66. The number of carbonyl (C=O) groups is 2. The monoisotopic (exact) mass is 334 g/mol. The van der Waals surface area contributed by atoms with Gasteiger partial charge < -0.3 is 15.6 Å². The van der Waals surface area contributed by atoms with E-state index in [0.717, 1.165) is 12.0 Å². The highest BCUT2D eigenvalue weighted by Gasteiger charge is 2.18. The molecule has 0 fully saturated rings. The Morgan fingerprint density at radius 2 is 1.64 bits per heavy atom. The third kappa shape index (κ3) is 3.92. The number of benzene rings is 2. The van der Waals surface area contributed by atoms with E-state index >= 15 is 0 Å². The minimum absolute atomic E-state index is 0.175. The first-order valence-electron chi connectivity index (χ1n) is 7.90. The summed E-state index contributed by atoms with van der Waals surface area (Å²) in [6.45, 7) is 0.538. The number of carbonyl (C=O) groups excluding carboxylic acids is 2. The van der Waals surface area contributed by atoms with Crippen LogP contribution in [0.4, 0.5) is 5.82 Å². The molecule has 2 aromatic carbocycles. The van der Waals surface area contributed by atoms with Gasteiger partial charge in [0, 0.05) is 12.1 Å². The summed E-state index contributed by atoms with van der Waals surface area (Å²) in [6, 6.07) is 18.6. The summed E-state index contributed by atoms with van der Waals surface area (Å²) in [5.74, 6) is -0.792. The molecule has 25 heavy (non-hydrogen) atoms. The number of aryl methyl sites for hydroxylation is 2. The zero-order valence-electron chi connectivity index (χ0n) is 13.6. The molecule has 0 saturated heterocycles. The van der Waals surface area contributed by atoms with E-state index in [4.69, 9.17) is 5.73 Å². The lowest BCUT2D eigenvalue weighted by molar-refractivity contribution is 0.0992. The topological polar surface area (TPSA) is 90.0 Å². The van der Waals surface area contributed by atoms with Gasteiger partial charge in [-0.25, -0.2) is 4.98 Å². The van der Waals surface area contributed by atoms with Crippen LogP contribution in [-0.2, 0) is 13.0 Å². The van der Waals surface area contributed by atoms with E-state index in [1.807, 2.05) is 36.4 Å². The van der Waals surface area contributed by atoms with Crippen molar-refractivity contribution in [1.82, 2.24) is 9.55 Å². The molecule has 0 bridgehead atoms. The second kappa shape index (κ2) is 7.44. The molecule has 0 unspecified atom stereocenters. The molecule has 6 nitrogen and oxygen atoms in total. The normalized spacial score (nSPS) is 10.4. The fraction of sp³-hybridized carbons (Fsp3) is 0.105. The fourth-order valence-corrected chi connectivity index (χ4v) is 2.57. The zero-order valence-corrected chi connectivity index (χ0v) is 13.6. The standard InChI is InChI=1S/C19H18N4O2/c20-17(24)16-18(22-19(25)15-9-5-2-6-10-15)21-13-23(16)12-11-14-7-3-1-4-8-14/h1-10,13H,11-12H2,(H2,20,24)(H,22,25). The number of primary amides is 1. The van der Waals surface area contributed by atoms with Gasteiger partial charge in [0.15, 0.2) is 11.5 Å². The number of hydrogen-bond donors (Lipinski definition) is 2. The molecule has 1 aromatic heterocycles. The van der Waals surface area contributed by atoms with Gasteiger partial charge in [0.2, 0.25) is 0 Å². The van der Waals surface area contributed by atoms with Gasteiger partial charge >= 0.3 is 0 Å². The Balaban J connectivity index is 1.78. The van der Waals surface area contributed by atoms with E-state index in [9.17, 15) is 9.59 Å². The molecule has 0 aliphatic carbocycles. The number of aromatic nitrogens is 2. The average Bonchev–Trinajstić information content (AvgIpc) is 3.04. The number of anilines is 1. The Morgan fingerprint density at radius 3 is 2.28 bits per heavy atom. The number of rotatable bonds is 6. The Morgan fingerprint density at radius 1 is 1.00 bits per heavy atom. The predicted molar refractivity (Wildman–Crippen MR) is 95.3 cm³/mol. The molecule has 0 saturated carbocycles. The van der Waals surface area contributed by atoms with Crippen molar-refractivity contribution in [3.05, 3.63) is 83.8 Å². The first kappa shape index (κ1) is 16.4. The minimum Gasteiger partial charge on any atom is -0.364 e. The smallest absolute Gasteiger partial charge is 0.269 e. The highest BCUT2D eigenvalue weighted by molar-refractivity contribution is 6.07. The van der Waals surface area contributed by atoms with Gasteiger partial charge in [0.1, 0.15) is 0 Å². The van der Waals surface area contributed by atoms with Crippen LogP contribution >= 0.6 is 0 Å². The van der Waals surface area contributed by atoms with E-state index in [1.165, 1.54) is 6.33 Å². The Labute approximate surface area is 145 Å². The van der Waals surface area contributed by atoms with Gasteiger partial charge in [0.25, 0.3) is 11.8 Å². The molecule has 0 atom stereocenters. The molecule has 2 amide bonds. The zero-order chi connectivity index (χ0) is 17.6. The number of amides is 2. The molecule has 0 radical (unpaired) electrons. The van der Waals surface area contributed by atoms with Crippen molar-refractivity contribution < 1.29 is 9.59 Å². The molecule has 126 valence electrons. The van der Waals surface area contributed by atoms with Gasteiger partial charge in [0.05, 0.1) is 6.33 Å². The van der Waals surface area contributed by atoms with E-state index in [1.54, 1.807) is 28.8 Å². The number of nitrogens with one attached hydrogen (secondary N) is 1. The molecular weight excluding hydrogens is 316 g/mol. The largest absolute Gasteiger partial charge is 0.364 e. The lowest BCUT2D eigenvalue weighted by Crippen LogP contribution is -2.21. The minimum atomic E-state index is -0.631. The Bertz CT molecular complexity index is 873. The quantitative estimate of drug-likeness (QED) is 0.725. The van der Waals surface area contributed by atoms with Crippen LogP contribution in [0.3, 0.4) is 0 Å². The average molecular weight is 334 g/mol. The number of imidazole rings is 1. The molecule has 1 heterocycles. The van der Waals surface area contributed by atoms with Crippen molar-refractivity contribution in [1.29, 1.82) is 0 Å². The van der Waals surface area contributed by atoms with E-state index < -0.39 is 5.91 Å². The summed E-state index contributed by atoms with van der Waals surface area (Å²) in [7, 11) is 0. The maximum Gasteiger partial charge on any atom is 0.269 e. The van der Waals surface area contributed by atoms with E-state index in [0.29, 0.717) is 12.1 Å². The molecule has 3 aromatic rings. The Hall–Kier alpha value is -3.41. The summed E-state index contributed by atoms with van der Waals surface area (Å²) >= 11 is 0. The van der Waals surface area contributed by atoms with Gasteiger partial charge in [-0.3, -0.25) is 9.59 Å². The number of nitrogens with two attached hydrogens (primary N) is 1. The maximum absolute atomic E-state index is 12.3.